The second-order valence-corrected chi connectivity index (χ2v) is 7.76. The standard InChI is InChI=1S/C20H21N3O2S/c1-2-15-11-16-18(23-10-6-9-14(12-23)20(24)25)21-17(22-19(16)26-15)13-7-4-3-5-8-13/h3-5,7-8,11,14H,2,6,9-10,12H2,1H3,(H,24,25). The predicted octanol–water partition coefficient (Wildman–Crippen LogP) is 4.22. The molecule has 0 bridgehead atoms. The van der Waals surface area contributed by atoms with Crippen LogP contribution >= 0.6 is 11.3 Å². The molecule has 134 valence electrons. The first-order valence-corrected chi connectivity index (χ1v) is 9.81. The van der Waals surface area contributed by atoms with Crippen molar-refractivity contribution in [3.8, 4) is 11.4 Å². The molecule has 3 aromatic rings. The molecule has 0 aliphatic carbocycles. The Kier molecular flexibility index (Phi) is 4.59. The normalized spacial score (nSPS) is 17.6. The van der Waals surface area contributed by atoms with Crippen LogP contribution in [0.25, 0.3) is 21.6 Å². The first-order chi connectivity index (χ1) is 12.7. The Labute approximate surface area is 156 Å². The molecule has 0 saturated carbocycles. The summed E-state index contributed by atoms with van der Waals surface area (Å²) in [6.07, 6.45) is 2.56. The van der Waals surface area contributed by atoms with Crippen LogP contribution in [0.5, 0.6) is 0 Å². The minimum Gasteiger partial charge on any atom is -0.481 e. The Hall–Kier alpha value is -2.47. The second-order valence-electron chi connectivity index (χ2n) is 6.65. The lowest BCUT2D eigenvalue weighted by atomic mass is 9.98. The summed E-state index contributed by atoms with van der Waals surface area (Å²) in [5, 5.41) is 10.5. The SMILES string of the molecule is CCc1cc2c(N3CCCC(C(=O)O)C3)nc(-c3ccccc3)nc2s1. The molecule has 4 rings (SSSR count). The van der Waals surface area contributed by atoms with Crippen LogP contribution in [0.2, 0.25) is 0 Å². The fourth-order valence-corrected chi connectivity index (χ4v) is 4.42. The van der Waals surface area contributed by atoms with Crippen molar-refractivity contribution < 1.29 is 9.90 Å². The number of rotatable bonds is 4. The molecule has 1 atom stereocenters. The molecule has 0 radical (unpaired) electrons. The molecule has 1 N–H and O–H groups in total. The number of aryl methyl sites for hydroxylation is 1. The highest BCUT2D eigenvalue weighted by molar-refractivity contribution is 7.18. The van der Waals surface area contributed by atoms with Gasteiger partial charge >= 0.3 is 5.97 Å². The van der Waals surface area contributed by atoms with Crippen LogP contribution in [0, 0.1) is 5.92 Å². The summed E-state index contributed by atoms with van der Waals surface area (Å²) in [7, 11) is 0. The summed E-state index contributed by atoms with van der Waals surface area (Å²) >= 11 is 1.70. The molecular weight excluding hydrogens is 346 g/mol. The molecule has 0 spiro atoms. The van der Waals surface area contributed by atoms with Crippen LogP contribution in [0.4, 0.5) is 5.82 Å². The molecule has 1 unspecified atom stereocenters. The zero-order valence-corrected chi connectivity index (χ0v) is 15.5. The number of carboxylic acid groups (broad SMARTS) is 1. The maximum atomic E-state index is 11.5. The average Bonchev–Trinajstić information content (AvgIpc) is 3.11. The largest absolute Gasteiger partial charge is 0.481 e. The van der Waals surface area contributed by atoms with Gasteiger partial charge in [0.1, 0.15) is 10.6 Å². The topological polar surface area (TPSA) is 66.3 Å². The molecule has 1 aliphatic rings. The number of aliphatic carboxylic acids is 1. The van der Waals surface area contributed by atoms with Crippen molar-refractivity contribution in [2.45, 2.75) is 26.2 Å². The van der Waals surface area contributed by atoms with Crippen molar-refractivity contribution >= 4 is 33.3 Å². The van der Waals surface area contributed by atoms with Crippen molar-refractivity contribution in [3.63, 3.8) is 0 Å². The summed E-state index contributed by atoms with van der Waals surface area (Å²) in [6, 6.07) is 12.1. The van der Waals surface area contributed by atoms with E-state index in [1.165, 1.54) is 4.88 Å². The van der Waals surface area contributed by atoms with E-state index in [0.717, 1.165) is 47.4 Å². The highest BCUT2D eigenvalue weighted by Gasteiger charge is 2.28. The van der Waals surface area contributed by atoms with Crippen molar-refractivity contribution in [2.24, 2.45) is 5.92 Å². The van der Waals surface area contributed by atoms with E-state index < -0.39 is 5.97 Å². The van der Waals surface area contributed by atoms with Gasteiger partial charge in [0, 0.05) is 23.5 Å². The van der Waals surface area contributed by atoms with Gasteiger partial charge in [0.15, 0.2) is 5.82 Å². The average molecular weight is 367 g/mol. The van der Waals surface area contributed by atoms with Crippen molar-refractivity contribution in [1.82, 2.24) is 9.97 Å². The smallest absolute Gasteiger partial charge is 0.308 e. The van der Waals surface area contributed by atoms with Crippen LogP contribution in [-0.2, 0) is 11.2 Å². The monoisotopic (exact) mass is 367 g/mol. The quantitative estimate of drug-likeness (QED) is 0.748. The number of piperidine rings is 1. The Bertz CT molecular complexity index is 939. The van der Waals surface area contributed by atoms with Gasteiger partial charge in [0.05, 0.1) is 11.3 Å². The maximum Gasteiger partial charge on any atom is 0.308 e. The number of hydrogen-bond acceptors (Lipinski definition) is 5. The van der Waals surface area contributed by atoms with Crippen LogP contribution in [-0.4, -0.2) is 34.1 Å². The first-order valence-electron chi connectivity index (χ1n) is 8.99. The molecule has 1 fully saturated rings. The molecule has 1 aliphatic heterocycles. The summed E-state index contributed by atoms with van der Waals surface area (Å²) in [6.45, 7) is 3.48. The summed E-state index contributed by atoms with van der Waals surface area (Å²) in [5.74, 6) is 0.520. The number of carboxylic acids is 1. The summed E-state index contributed by atoms with van der Waals surface area (Å²) < 4.78 is 0. The van der Waals surface area contributed by atoms with E-state index in [4.69, 9.17) is 9.97 Å². The fraction of sp³-hybridized carbons (Fsp3) is 0.350. The van der Waals surface area contributed by atoms with E-state index in [-0.39, 0.29) is 5.92 Å². The van der Waals surface area contributed by atoms with E-state index >= 15 is 0 Å². The predicted molar refractivity (Wildman–Crippen MR) is 105 cm³/mol. The lowest BCUT2D eigenvalue weighted by molar-refractivity contribution is -0.141. The Morgan fingerprint density at radius 3 is 2.85 bits per heavy atom. The van der Waals surface area contributed by atoms with Crippen LogP contribution in [0.1, 0.15) is 24.6 Å². The number of hydrogen-bond donors (Lipinski definition) is 1. The Balaban J connectivity index is 1.83. The molecule has 2 aromatic heterocycles. The van der Waals surface area contributed by atoms with Gasteiger partial charge in [0.2, 0.25) is 0 Å². The zero-order valence-electron chi connectivity index (χ0n) is 14.7. The lowest BCUT2D eigenvalue weighted by Crippen LogP contribution is -2.39. The van der Waals surface area contributed by atoms with Gasteiger partial charge in [-0.1, -0.05) is 37.3 Å². The number of benzene rings is 1. The molecule has 1 aromatic carbocycles. The van der Waals surface area contributed by atoms with Gasteiger partial charge in [-0.25, -0.2) is 9.97 Å². The number of anilines is 1. The van der Waals surface area contributed by atoms with Crippen molar-refractivity contribution in [2.75, 3.05) is 18.0 Å². The minimum absolute atomic E-state index is 0.335. The van der Waals surface area contributed by atoms with E-state index in [1.54, 1.807) is 11.3 Å². The second kappa shape index (κ2) is 7.03. The minimum atomic E-state index is -0.720. The Morgan fingerprint density at radius 2 is 2.12 bits per heavy atom. The van der Waals surface area contributed by atoms with E-state index in [2.05, 4.69) is 17.9 Å². The van der Waals surface area contributed by atoms with E-state index in [0.29, 0.717) is 12.4 Å². The van der Waals surface area contributed by atoms with E-state index in [9.17, 15) is 9.90 Å². The van der Waals surface area contributed by atoms with Crippen LogP contribution in [0.3, 0.4) is 0 Å². The maximum absolute atomic E-state index is 11.5. The van der Waals surface area contributed by atoms with Gasteiger partial charge in [-0.3, -0.25) is 4.79 Å². The first kappa shape index (κ1) is 17.0. The molecule has 1 saturated heterocycles. The third-order valence-electron chi connectivity index (χ3n) is 4.87. The number of thiophene rings is 1. The molecule has 6 heteroatoms. The third-order valence-corrected chi connectivity index (χ3v) is 6.05. The number of nitrogens with zero attached hydrogens (tertiary/aromatic N) is 3. The van der Waals surface area contributed by atoms with Gasteiger partial charge < -0.3 is 10.0 Å². The zero-order chi connectivity index (χ0) is 18.1. The highest BCUT2D eigenvalue weighted by atomic mass is 32.1. The van der Waals surface area contributed by atoms with Gasteiger partial charge in [-0.15, -0.1) is 11.3 Å². The number of carbonyl (C=O) groups is 1. The van der Waals surface area contributed by atoms with Gasteiger partial charge in [0.25, 0.3) is 0 Å². The summed E-state index contributed by atoms with van der Waals surface area (Å²) in [4.78, 5) is 25.5. The van der Waals surface area contributed by atoms with Gasteiger partial charge in [-0.05, 0) is 25.3 Å². The molecule has 0 amide bonds. The highest BCUT2D eigenvalue weighted by Crippen LogP contribution is 2.35. The number of aromatic nitrogens is 2. The summed E-state index contributed by atoms with van der Waals surface area (Å²) in [5.41, 5.74) is 0.980. The van der Waals surface area contributed by atoms with Crippen molar-refractivity contribution in [3.05, 3.63) is 41.3 Å². The van der Waals surface area contributed by atoms with Crippen LogP contribution in [0.15, 0.2) is 36.4 Å². The number of fused-ring (bicyclic) bond motifs is 1. The molecular formula is C20H21N3O2S. The Morgan fingerprint density at radius 1 is 1.31 bits per heavy atom. The van der Waals surface area contributed by atoms with Gasteiger partial charge in [-0.2, -0.15) is 0 Å². The fourth-order valence-electron chi connectivity index (χ4n) is 3.46. The lowest BCUT2D eigenvalue weighted by Gasteiger charge is -2.32. The van der Waals surface area contributed by atoms with E-state index in [1.807, 2.05) is 30.3 Å². The van der Waals surface area contributed by atoms with Crippen LogP contribution < -0.4 is 4.90 Å². The third kappa shape index (κ3) is 3.17. The molecule has 5 nitrogen and oxygen atoms in total. The molecule has 26 heavy (non-hydrogen) atoms. The molecule has 3 heterocycles. The van der Waals surface area contributed by atoms with Crippen molar-refractivity contribution in [1.29, 1.82) is 0 Å².